The fourth-order valence-corrected chi connectivity index (χ4v) is 3.90. The van der Waals surface area contributed by atoms with Gasteiger partial charge < -0.3 is 15.0 Å². The van der Waals surface area contributed by atoms with Crippen LogP contribution in [0, 0.1) is 6.92 Å². The lowest BCUT2D eigenvalue weighted by Crippen LogP contribution is -3.14. The Morgan fingerprint density at radius 1 is 1.13 bits per heavy atom. The van der Waals surface area contributed by atoms with Gasteiger partial charge in [-0.3, -0.25) is 9.59 Å². The molecule has 2 aromatic carbocycles. The Morgan fingerprint density at radius 3 is 2.50 bits per heavy atom. The summed E-state index contributed by atoms with van der Waals surface area (Å²) in [5, 5.41) is 8.51. The smallest absolute Gasteiger partial charge is 0.274 e. The van der Waals surface area contributed by atoms with Gasteiger partial charge in [-0.1, -0.05) is 48.0 Å². The van der Waals surface area contributed by atoms with Crippen LogP contribution in [-0.4, -0.2) is 48.5 Å². The highest BCUT2D eigenvalue weighted by Crippen LogP contribution is 2.17. The summed E-state index contributed by atoms with van der Waals surface area (Å²) in [4.78, 5) is 27.1. The summed E-state index contributed by atoms with van der Waals surface area (Å²) in [6, 6.07) is 15.2. The number of carbonyl (C=O) groups is 1. The summed E-state index contributed by atoms with van der Waals surface area (Å²) in [5.74, 6) is -0.278. The first-order valence-corrected chi connectivity index (χ1v) is 10.3. The highest BCUT2D eigenvalue weighted by molar-refractivity contribution is 6.04. The molecule has 0 aliphatic carbocycles. The Kier molecular flexibility index (Phi) is 5.92. The Morgan fingerprint density at radius 2 is 1.80 bits per heavy atom. The second kappa shape index (κ2) is 8.77. The minimum atomic E-state index is -0.278. The van der Waals surface area contributed by atoms with E-state index >= 15 is 0 Å². The molecule has 0 unspecified atom stereocenters. The van der Waals surface area contributed by atoms with Gasteiger partial charge in [0.1, 0.15) is 25.7 Å². The van der Waals surface area contributed by atoms with Crippen LogP contribution in [0.5, 0.6) is 0 Å². The number of amides is 1. The summed E-state index contributed by atoms with van der Waals surface area (Å²) < 4.78 is 6.70. The number of ether oxygens (including phenoxy) is 1. The van der Waals surface area contributed by atoms with Crippen LogP contribution in [-0.2, 0) is 11.8 Å². The molecule has 156 valence electrons. The highest BCUT2D eigenvalue weighted by atomic mass is 16.5. The van der Waals surface area contributed by atoms with E-state index in [0.717, 1.165) is 38.4 Å². The van der Waals surface area contributed by atoms with Crippen molar-refractivity contribution >= 4 is 16.7 Å². The first-order chi connectivity index (χ1) is 14.5. The van der Waals surface area contributed by atoms with E-state index in [4.69, 9.17) is 4.74 Å². The maximum atomic E-state index is 13.3. The van der Waals surface area contributed by atoms with E-state index in [9.17, 15) is 9.59 Å². The lowest BCUT2D eigenvalue weighted by molar-refractivity contribution is -0.909. The van der Waals surface area contributed by atoms with Crippen molar-refractivity contribution < 1.29 is 14.4 Å². The molecule has 1 aliphatic heterocycles. The summed E-state index contributed by atoms with van der Waals surface area (Å²) >= 11 is 0. The van der Waals surface area contributed by atoms with Crippen molar-refractivity contribution in [3.63, 3.8) is 0 Å². The van der Waals surface area contributed by atoms with Gasteiger partial charge in [0.15, 0.2) is 5.69 Å². The molecular formula is C23H27N4O3+. The van der Waals surface area contributed by atoms with Gasteiger partial charge in [-0.15, -0.1) is 0 Å². The molecule has 4 rings (SSSR count). The Bertz CT molecular complexity index is 1100. The molecule has 0 saturated carbocycles. The van der Waals surface area contributed by atoms with E-state index in [1.54, 1.807) is 25.2 Å². The SMILES string of the molecule is Cc1ccc([C@@H](C[NH+]2CCOCC2)NC(=O)c2nn(C)c(=O)c3ccccc23)cc1. The molecule has 2 heterocycles. The average Bonchev–Trinajstić information content (AvgIpc) is 2.77. The van der Waals surface area contributed by atoms with Gasteiger partial charge >= 0.3 is 0 Å². The van der Waals surface area contributed by atoms with Crippen molar-refractivity contribution in [2.75, 3.05) is 32.8 Å². The molecule has 0 bridgehead atoms. The third-order valence-electron chi connectivity index (χ3n) is 5.65. The monoisotopic (exact) mass is 407 g/mol. The summed E-state index contributed by atoms with van der Waals surface area (Å²) in [6.45, 7) is 6.11. The number of nitrogens with zero attached hydrogens (tertiary/aromatic N) is 2. The van der Waals surface area contributed by atoms with Crippen molar-refractivity contribution in [3.05, 3.63) is 75.7 Å². The van der Waals surface area contributed by atoms with Gasteiger partial charge in [0.05, 0.1) is 18.6 Å². The first kappa shape index (κ1) is 20.3. The number of aromatic nitrogens is 2. The van der Waals surface area contributed by atoms with Crippen LogP contribution in [0.3, 0.4) is 0 Å². The zero-order valence-electron chi connectivity index (χ0n) is 17.4. The van der Waals surface area contributed by atoms with Gasteiger partial charge in [-0.05, 0) is 18.6 Å². The minimum absolute atomic E-state index is 0.163. The van der Waals surface area contributed by atoms with Crippen LogP contribution >= 0.6 is 0 Å². The molecule has 1 saturated heterocycles. The number of morpholine rings is 1. The van der Waals surface area contributed by atoms with Crippen molar-refractivity contribution in [3.8, 4) is 0 Å². The Hall–Kier alpha value is -3.03. The van der Waals surface area contributed by atoms with Crippen LogP contribution in [0.2, 0.25) is 0 Å². The number of fused-ring (bicyclic) bond motifs is 1. The van der Waals surface area contributed by atoms with Crippen LogP contribution < -0.4 is 15.8 Å². The molecule has 30 heavy (non-hydrogen) atoms. The van der Waals surface area contributed by atoms with E-state index in [2.05, 4.69) is 34.7 Å². The number of hydrogen-bond acceptors (Lipinski definition) is 4. The van der Waals surface area contributed by atoms with E-state index in [-0.39, 0.29) is 23.2 Å². The van der Waals surface area contributed by atoms with Crippen LogP contribution in [0.1, 0.15) is 27.7 Å². The molecule has 2 N–H and O–H groups in total. The first-order valence-electron chi connectivity index (χ1n) is 10.3. The number of rotatable bonds is 5. The zero-order valence-corrected chi connectivity index (χ0v) is 17.4. The Labute approximate surface area is 175 Å². The molecule has 7 nitrogen and oxygen atoms in total. The molecule has 1 amide bonds. The molecule has 1 aliphatic rings. The molecule has 7 heteroatoms. The predicted octanol–water partition coefficient (Wildman–Crippen LogP) is 0.628. The van der Waals surface area contributed by atoms with Gasteiger partial charge in [-0.25, -0.2) is 4.68 Å². The molecular weight excluding hydrogens is 380 g/mol. The third-order valence-corrected chi connectivity index (χ3v) is 5.65. The van der Waals surface area contributed by atoms with Crippen molar-refractivity contribution in [1.82, 2.24) is 15.1 Å². The van der Waals surface area contributed by atoms with E-state index < -0.39 is 0 Å². The maximum absolute atomic E-state index is 13.3. The molecule has 1 atom stereocenters. The molecule has 0 radical (unpaired) electrons. The average molecular weight is 407 g/mol. The second-order valence-electron chi connectivity index (χ2n) is 7.83. The fraction of sp³-hybridized carbons (Fsp3) is 0.348. The normalized spacial score (nSPS) is 15.8. The number of quaternary nitrogens is 1. The van der Waals surface area contributed by atoms with Gasteiger partial charge in [0.2, 0.25) is 0 Å². The van der Waals surface area contributed by atoms with E-state index in [1.807, 2.05) is 13.0 Å². The predicted molar refractivity (Wildman–Crippen MR) is 115 cm³/mol. The lowest BCUT2D eigenvalue weighted by atomic mass is 10.0. The summed E-state index contributed by atoms with van der Waals surface area (Å²) in [5.41, 5.74) is 2.28. The number of hydrogen-bond donors (Lipinski definition) is 2. The van der Waals surface area contributed by atoms with Crippen molar-refractivity contribution in [2.45, 2.75) is 13.0 Å². The quantitative estimate of drug-likeness (QED) is 0.650. The number of carbonyl (C=O) groups excluding carboxylic acids is 1. The summed E-state index contributed by atoms with van der Waals surface area (Å²) in [6.07, 6.45) is 0. The number of nitrogens with one attached hydrogen (secondary N) is 2. The van der Waals surface area contributed by atoms with Crippen molar-refractivity contribution in [1.29, 1.82) is 0 Å². The highest BCUT2D eigenvalue weighted by Gasteiger charge is 2.25. The van der Waals surface area contributed by atoms with Crippen molar-refractivity contribution in [2.24, 2.45) is 7.05 Å². The van der Waals surface area contributed by atoms with E-state index in [1.165, 1.54) is 15.1 Å². The van der Waals surface area contributed by atoms with Crippen LogP contribution in [0.4, 0.5) is 0 Å². The molecule has 3 aromatic rings. The minimum Gasteiger partial charge on any atom is -0.370 e. The number of benzene rings is 2. The standard InChI is InChI=1S/C23H26N4O3/c1-16-7-9-17(10-8-16)20(15-27-11-13-30-14-12-27)24-22(28)21-18-5-3-4-6-19(18)23(29)26(2)25-21/h3-10,20H,11-15H2,1-2H3,(H,24,28)/p+1/t20-/m1/s1. The van der Waals surface area contributed by atoms with Crippen LogP contribution in [0.15, 0.2) is 53.3 Å². The topological polar surface area (TPSA) is 77.7 Å². The van der Waals surface area contributed by atoms with Gasteiger partial charge in [-0.2, -0.15) is 5.10 Å². The molecule has 1 fully saturated rings. The van der Waals surface area contributed by atoms with Gasteiger partial charge in [0, 0.05) is 12.4 Å². The zero-order chi connectivity index (χ0) is 21.1. The van der Waals surface area contributed by atoms with E-state index in [0.29, 0.717) is 10.8 Å². The van der Waals surface area contributed by atoms with Crippen LogP contribution in [0.25, 0.3) is 10.8 Å². The second-order valence-corrected chi connectivity index (χ2v) is 7.83. The third kappa shape index (κ3) is 4.27. The Balaban J connectivity index is 1.66. The summed E-state index contributed by atoms with van der Waals surface area (Å²) in [7, 11) is 1.57. The fourth-order valence-electron chi connectivity index (χ4n) is 3.90. The van der Waals surface area contributed by atoms with Gasteiger partial charge in [0.25, 0.3) is 11.5 Å². The molecule has 0 spiro atoms. The largest absolute Gasteiger partial charge is 0.370 e. The maximum Gasteiger partial charge on any atom is 0.274 e. The lowest BCUT2D eigenvalue weighted by Gasteiger charge is -2.28. The molecule has 1 aromatic heterocycles. The number of aryl methyl sites for hydroxylation is 2.